The van der Waals surface area contributed by atoms with Crippen molar-refractivity contribution in [1.29, 1.82) is 0 Å². The number of hydrogen-bond acceptors (Lipinski definition) is 0. The van der Waals surface area contributed by atoms with Crippen LogP contribution >= 0.6 is 0 Å². The molecule has 0 atom stereocenters. The molecule has 0 radical (unpaired) electrons. The zero-order valence-electron chi connectivity index (χ0n) is 7.35. The lowest BCUT2D eigenvalue weighted by Gasteiger charge is -1.96. The molecule has 0 spiro atoms. The molecule has 0 saturated heterocycles. The maximum absolute atomic E-state index is 2.25. The zero-order chi connectivity index (χ0) is 7.82. The minimum Gasteiger partial charge on any atom is -0.0885 e. The normalized spacial score (nSPS) is 12.9. The van der Waals surface area contributed by atoms with Crippen LogP contribution in [0, 0.1) is 0 Å². The molecular formula is C10H18. The van der Waals surface area contributed by atoms with Crippen molar-refractivity contribution in [2.75, 3.05) is 0 Å². The van der Waals surface area contributed by atoms with E-state index in [0.717, 1.165) is 12.8 Å². The second-order valence-corrected chi connectivity index (χ2v) is 2.38. The lowest BCUT2D eigenvalue weighted by atomic mass is 10.1. The highest BCUT2D eigenvalue weighted by molar-refractivity contribution is 5.05. The first-order valence-corrected chi connectivity index (χ1v) is 4.14. The van der Waals surface area contributed by atoms with Crippen LogP contribution in [0.2, 0.25) is 0 Å². The van der Waals surface area contributed by atoms with Gasteiger partial charge in [0.05, 0.1) is 0 Å². The molecule has 0 aromatic rings. The molecule has 0 unspecified atom stereocenters. The van der Waals surface area contributed by atoms with E-state index in [0.29, 0.717) is 0 Å². The van der Waals surface area contributed by atoms with Crippen molar-refractivity contribution in [1.82, 2.24) is 0 Å². The summed E-state index contributed by atoms with van der Waals surface area (Å²) in [6.07, 6.45) is 10.2. The van der Waals surface area contributed by atoms with Crippen LogP contribution in [0.4, 0.5) is 0 Å². The third-order valence-corrected chi connectivity index (χ3v) is 1.64. The van der Waals surface area contributed by atoms with Gasteiger partial charge in [0.25, 0.3) is 0 Å². The molecule has 0 N–H and O–H groups in total. The highest BCUT2D eigenvalue weighted by Crippen LogP contribution is 2.06. The maximum Gasteiger partial charge on any atom is -0.0139 e. The average Bonchev–Trinajstić information content (AvgIpc) is 1.99. The lowest BCUT2D eigenvalue weighted by Crippen LogP contribution is -1.75. The van der Waals surface area contributed by atoms with E-state index < -0.39 is 0 Å². The van der Waals surface area contributed by atoms with E-state index in [-0.39, 0.29) is 0 Å². The van der Waals surface area contributed by atoms with Crippen LogP contribution in [0.1, 0.15) is 40.0 Å². The summed E-state index contributed by atoms with van der Waals surface area (Å²) in [7, 11) is 0. The molecule has 0 rings (SSSR count). The average molecular weight is 138 g/mol. The van der Waals surface area contributed by atoms with E-state index in [9.17, 15) is 0 Å². The maximum atomic E-state index is 2.25. The van der Waals surface area contributed by atoms with Gasteiger partial charge in [0.15, 0.2) is 0 Å². The molecule has 0 saturated carbocycles. The molecule has 58 valence electrons. The van der Waals surface area contributed by atoms with Gasteiger partial charge in [0.2, 0.25) is 0 Å². The number of allylic oxidation sites excluding steroid dienone is 4. The Bertz CT molecular complexity index is 118. The van der Waals surface area contributed by atoms with Gasteiger partial charge in [-0.2, -0.15) is 0 Å². The Morgan fingerprint density at radius 2 is 1.90 bits per heavy atom. The van der Waals surface area contributed by atoms with E-state index >= 15 is 0 Å². The summed E-state index contributed by atoms with van der Waals surface area (Å²) in [5.41, 5.74) is 1.53. The summed E-state index contributed by atoms with van der Waals surface area (Å²) in [6.45, 7) is 6.48. The second-order valence-electron chi connectivity index (χ2n) is 2.38. The van der Waals surface area contributed by atoms with Gasteiger partial charge in [-0.1, -0.05) is 37.6 Å². The van der Waals surface area contributed by atoms with E-state index in [1.807, 2.05) is 0 Å². The summed E-state index contributed by atoms with van der Waals surface area (Å²) in [5.74, 6) is 0. The van der Waals surface area contributed by atoms with Gasteiger partial charge in [-0.3, -0.25) is 0 Å². The Kier molecular flexibility index (Phi) is 6.25. The van der Waals surface area contributed by atoms with E-state index in [1.54, 1.807) is 0 Å². The summed E-state index contributed by atoms with van der Waals surface area (Å²) in [6, 6.07) is 0. The second kappa shape index (κ2) is 6.60. The molecule has 0 heteroatoms. The smallest absolute Gasteiger partial charge is 0.0139 e. The lowest BCUT2D eigenvalue weighted by molar-refractivity contribution is 1.02. The quantitative estimate of drug-likeness (QED) is 0.520. The fraction of sp³-hybridized carbons (Fsp3) is 0.600. The Balaban J connectivity index is 3.55. The fourth-order valence-electron chi connectivity index (χ4n) is 0.868. The SMILES string of the molecule is CC=C(CC)CC=CCC. The van der Waals surface area contributed by atoms with Crippen LogP contribution in [-0.4, -0.2) is 0 Å². The van der Waals surface area contributed by atoms with E-state index in [2.05, 4.69) is 39.0 Å². The van der Waals surface area contributed by atoms with Crippen molar-refractivity contribution in [2.45, 2.75) is 40.0 Å². The summed E-state index contributed by atoms with van der Waals surface area (Å²) in [4.78, 5) is 0. The van der Waals surface area contributed by atoms with Crippen LogP contribution < -0.4 is 0 Å². The van der Waals surface area contributed by atoms with Gasteiger partial charge in [-0.05, 0) is 26.2 Å². The molecule has 0 nitrogen and oxygen atoms in total. The van der Waals surface area contributed by atoms with Crippen LogP contribution in [0.3, 0.4) is 0 Å². The van der Waals surface area contributed by atoms with Crippen molar-refractivity contribution >= 4 is 0 Å². The van der Waals surface area contributed by atoms with Crippen molar-refractivity contribution in [3.05, 3.63) is 23.8 Å². The predicted molar refractivity (Wildman–Crippen MR) is 48.1 cm³/mol. The van der Waals surface area contributed by atoms with Crippen LogP contribution in [-0.2, 0) is 0 Å². The molecule has 0 aromatic carbocycles. The minimum absolute atomic E-state index is 1.14. The highest BCUT2D eigenvalue weighted by Gasteiger charge is 1.85. The Morgan fingerprint density at radius 3 is 2.30 bits per heavy atom. The third kappa shape index (κ3) is 4.37. The molecule has 0 bridgehead atoms. The van der Waals surface area contributed by atoms with Gasteiger partial charge < -0.3 is 0 Å². The minimum atomic E-state index is 1.14. The molecule has 0 aliphatic heterocycles. The van der Waals surface area contributed by atoms with Crippen molar-refractivity contribution in [2.24, 2.45) is 0 Å². The first-order chi connectivity index (χ1) is 4.85. The summed E-state index contributed by atoms with van der Waals surface area (Å²) < 4.78 is 0. The molecule has 0 aliphatic carbocycles. The predicted octanol–water partition coefficient (Wildman–Crippen LogP) is 3.70. The fourth-order valence-corrected chi connectivity index (χ4v) is 0.868. The van der Waals surface area contributed by atoms with Gasteiger partial charge in [-0.25, -0.2) is 0 Å². The molecule has 0 heterocycles. The van der Waals surface area contributed by atoms with Crippen LogP contribution in [0.15, 0.2) is 23.8 Å². The Labute approximate surface area is 64.6 Å². The van der Waals surface area contributed by atoms with Crippen LogP contribution in [0.25, 0.3) is 0 Å². The Hall–Kier alpha value is -0.520. The van der Waals surface area contributed by atoms with Gasteiger partial charge in [0, 0.05) is 0 Å². The van der Waals surface area contributed by atoms with Crippen molar-refractivity contribution < 1.29 is 0 Å². The van der Waals surface area contributed by atoms with Gasteiger partial charge >= 0.3 is 0 Å². The molecule has 0 aliphatic rings. The highest BCUT2D eigenvalue weighted by atomic mass is 13.9. The first-order valence-electron chi connectivity index (χ1n) is 4.14. The van der Waals surface area contributed by atoms with E-state index in [1.165, 1.54) is 12.0 Å². The van der Waals surface area contributed by atoms with Crippen LogP contribution in [0.5, 0.6) is 0 Å². The molecule has 0 amide bonds. The van der Waals surface area contributed by atoms with Gasteiger partial charge in [0.1, 0.15) is 0 Å². The topological polar surface area (TPSA) is 0 Å². The summed E-state index contributed by atoms with van der Waals surface area (Å²) in [5, 5.41) is 0. The standard InChI is InChI=1S/C10H18/c1-4-7-8-9-10(5-2)6-3/h5,7-8H,4,6,9H2,1-3H3. The molecular weight excluding hydrogens is 120 g/mol. The largest absolute Gasteiger partial charge is 0.0885 e. The molecule has 0 aromatic heterocycles. The number of hydrogen-bond donors (Lipinski definition) is 0. The summed E-state index contributed by atoms with van der Waals surface area (Å²) >= 11 is 0. The molecule has 10 heavy (non-hydrogen) atoms. The zero-order valence-corrected chi connectivity index (χ0v) is 7.35. The van der Waals surface area contributed by atoms with Crippen molar-refractivity contribution in [3.63, 3.8) is 0 Å². The first kappa shape index (κ1) is 9.48. The third-order valence-electron chi connectivity index (χ3n) is 1.64. The Morgan fingerprint density at radius 1 is 1.20 bits per heavy atom. The van der Waals surface area contributed by atoms with E-state index in [4.69, 9.17) is 0 Å². The molecule has 0 fully saturated rings. The number of rotatable bonds is 4. The van der Waals surface area contributed by atoms with Gasteiger partial charge in [-0.15, -0.1) is 0 Å². The van der Waals surface area contributed by atoms with Crippen molar-refractivity contribution in [3.8, 4) is 0 Å². The monoisotopic (exact) mass is 138 g/mol.